The Labute approximate surface area is 160 Å². The molecule has 8 heteroatoms. The van der Waals surface area contributed by atoms with E-state index in [0.717, 1.165) is 4.90 Å². The summed E-state index contributed by atoms with van der Waals surface area (Å²) in [7, 11) is 1.44. The fraction of sp³-hybridized carbons (Fsp3) is 0.211. The van der Waals surface area contributed by atoms with Crippen LogP contribution in [0.15, 0.2) is 42.5 Å². The van der Waals surface area contributed by atoms with Crippen LogP contribution in [0.1, 0.15) is 12.5 Å². The van der Waals surface area contributed by atoms with Crippen LogP contribution in [0.3, 0.4) is 0 Å². The molecule has 0 spiro atoms. The molecule has 2 amide bonds. The number of ketones is 1. The van der Waals surface area contributed by atoms with Crippen molar-refractivity contribution in [3.63, 3.8) is 0 Å². The fourth-order valence-corrected chi connectivity index (χ4v) is 2.64. The van der Waals surface area contributed by atoms with E-state index in [4.69, 9.17) is 16.3 Å². The lowest BCUT2D eigenvalue weighted by Crippen LogP contribution is -2.45. The number of nitrogens with one attached hydrogen (secondary N) is 1. The number of carbonyl (C=O) groups excluding carboxylic acids is 3. The van der Waals surface area contributed by atoms with Crippen LogP contribution in [0.4, 0.5) is 10.1 Å². The molecule has 1 unspecified atom stereocenters. The average Bonchev–Trinajstić information content (AvgIpc) is 2.68. The van der Waals surface area contributed by atoms with Crippen LogP contribution in [0.5, 0.6) is 5.75 Å². The van der Waals surface area contributed by atoms with Crippen molar-refractivity contribution in [2.45, 2.75) is 19.5 Å². The van der Waals surface area contributed by atoms with Crippen molar-refractivity contribution in [2.24, 2.45) is 0 Å². The maximum atomic E-state index is 13.2. The first kappa shape index (κ1) is 20.4. The second-order valence-electron chi connectivity index (χ2n) is 5.66. The number of ether oxygens (including phenoxy) is 1. The fourth-order valence-electron chi connectivity index (χ4n) is 2.43. The standard InChI is InChI=1S/C19H18ClFN2O4/c1-12(23(11-24)16-5-3-4-6-17(16)27-2)18(25)19(26)22-10-13-7-8-15(21)14(20)9-13/h3-9,11-12H,10H2,1-2H3,(H,22,26). The van der Waals surface area contributed by atoms with Crippen LogP contribution in [-0.4, -0.2) is 31.3 Å². The molecule has 0 radical (unpaired) electrons. The van der Waals surface area contributed by atoms with Gasteiger partial charge in [0.15, 0.2) is 0 Å². The number of methoxy groups -OCH3 is 1. The van der Waals surface area contributed by atoms with Gasteiger partial charge in [0.1, 0.15) is 17.6 Å². The van der Waals surface area contributed by atoms with Gasteiger partial charge in [-0.2, -0.15) is 0 Å². The van der Waals surface area contributed by atoms with Crippen molar-refractivity contribution in [1.29, 1.82) is 0 Å². The van der Waals surface area contributed by atoms with Gasteiger partial charge < -0.3 is 15.0 Å². The van der Waals surface area contributed by atoms with E-state index in [1.807, 2.05) is 0 Å². The molecule has 0 aliphatic rings. The van der Waals surface area contributed by atoms with Gasteiger partial charge in [-0.15, -0.1) is 0 Å². The number of Topliss-reactive ketones (excluding diaryl/α,β-unsaturated/α-hetero) is 1. The summed E-state index contributed by atoms with van der Waals surface area (Å²) in [4.78, 5) is 37.2. The van der Waals surface area contributed by atoms with Crippen molar-refractivity contribution in [3.05, 3.63) is 58.9 Å². The monoisotopic (exact) mass is 392 g/mol. The summed E-state index contributed by atoms with van der Waals surface area (Å²) in [6.45, 7) is 1.44. The van der Waals surface area contributed by atoms with Crippen molar-refractivity contribution in [3.8, 4) is 5.75 Å². The first-order valence-corrected chi connectivity index (χ1v) is 8.39. The molecule has 0 aliphatic heterocycles. The predicted molar refractivity (Wildman–Crippen MR) is 99.3 cm³/mol. The Morgan fingerprint density at radius 2 is 2.00 bits per heavy atom. The Morgan fingerprint density at radius 1 is 1.30 bits per heavy atom. The van der Waals surface area contributed by atoms with Crippen LogP contribution in [0, 0.1) is 5.82 Å². The number of nitrogens with zero attached hydrogens (tertiary/aromatic N) is 1. The van der Waals surface area contributed by atoms with E-state index >= 15 is 0 Å². The highest BCUT2D eigenvalue weighted by molar-refractivity contribution is 6.39. The summed E-state index contributed by atoms with van der Waals surface area (Å²) in [5, 5.41) is 2.36. The molecule has 1 N–H and O–H groups in total. The normalized spacial score (nSPS) is 11.4. The minimum Gasteiger partial charge on any atom is -0.495 e. The summed E-state index contributed by atoms with van der Waals surface area (Å²) in [5.74, 6) is -1.86. The Hall–Kier alpha value is -2.93. The second-order valence-corrected chi connectivity index (χ2v) is 6.06. The predicted octanol–water partition coefficient (Wildman–Crippen LogP) is 2.72. The van der Waals surface area contributed by atoms with Crippen molar-refractivity contribution in [2.75, 3.05) is 12.0 Å². The van der Waals surface area contributed by atoms with Gasteiger partial charge >= 0.3 is 0 Å². The zero-order chi connectivity index (χ0) is 20.0. The van der Waals surface area contributed by atoms with Crippen molar-refractivity contribution < 1.29 is 23.5 Å². The lowest BCUT2D eigenvalue weighted by molar-refractivity contribution is -0.138. The van der Waals surface area contributed by atoms with E-state index in [2.05, 4.69) is 5.32 Å². The van der Waals surface area contributed by atoms with Crippen molar-refractivity contribution >= 4 is 35.4 Å². The maximum Gasteiger partial charge on any atom is 0.289 e. The van der Waals surface area contributed by atoms with Crippen molar-refractivity contribution in [1.82, 2.24) is 5.32 Å². The molecule has 0 saturated carbocycles. The van der Waals surface area contributed by atoms with E-state index in [9.17, 15) is 18.8 Å². The number of rotatable bonds is 8. The molecule has 0 saturated heterocycles. The van der Waals surface area contributed by atoms with E-state index in [0.29, 0.717) is 23.4 Å². The quantitative estimate of drug-likeness (QED) is 0.553. The van der Waals surface area contributed by atoms with Crippen LogP contribution < -0.4 is 15.0 Å². The molecule has 142 valence electrons. The number of carbonyl (C=O) groups is 3. The highest BCUT2D eigenvalue weighted by Crippen LogP contribution is 2.28. The van der Waals surface area contributed by atoms with E-state index in [-0.39, 0.29) is 11.6 Å². The Balaban J connectivity index is 2.08. The minimum atomic E-state index is -1.05. The highest BCUT2D eigenvalue weighted by atomic mass is 35.5. The molecular weight excluding hydrogens is 375 g/mol. The zero-order valence-electron chi connectivity index (χ0n) is 14.7. The molecule has 2 rings (SSSR count). The van der Waals surface area contributed by atoms with E-state index < -0.39 is 23.5 Å². The summed E-state index contributed by atoms with van der Waals surface area (Å²) in [5.41, 5.74) is 0.904. The third kappa shape index (κ3) is 4.83. The molecule has 0 heterocycles. The molecule has 0 bridgehead atoms. The smallest absolute Gasteiger partial charge is 0.289 e. The lowest BCUT2D eigenvalue weighted by atomic mass is 10.1. The topological polar surface area (TPSA) is 75.7 Å². The minimum absolute atomic E-state index is 0.00690. The van der Waals surface area contributed by atoms with Gasteiger partial charge in [-0.1, -0.05) is 29.8 Å². The molecule has 27 heavy (non-hydrogen) atoms. The maximum absolute atomic E-state index is 13.2. The highest BCUT2D eigenvalue weighted by Gasteiger charge is 2.28. The van der Waals surface area contributed by atoms with Crippen LogP contribution in [0.25, 0.3) is 0 Å². The average molecular weight is 393 g/mol. The van der Waals surface area contributed by atoms with Crippen LogP contribution in [0.2, 0.25) is 5.02 Å². The SMILES string of the molecule is COc1ccccc1N(C=O)C(C)C(=O)C(=O)NCc1ccc(F)c(Cl)c1. The van der Waals surface area contributed by atoms with E-state index in [1.54, 1.807) is 24.3 Å². The first-order valence-electron chi connectivity index (χ1n) is 8.01. The number of benzene rings is 2. The largest absolute Gasteiger partial charge is 0.495 e. The molecule has 0 fully saturated rings. The number of halogens is 2. The first-order chi connectivity index (χ1) is 12.9. The summed E-state index contributed by atoms with van der Waals surface area (Å²) in [6.07, 6.45) is 0.466. The number of amides is 2. The molecule has 0 aromatic heterocycles. The number of hydrogen-bond donors (Lipinski definition) is 1. The third-order valence-electron chi connectivity index (χ3n) is 3.93. The molecule has 0 aliphatic carbocycles. The number of para-hydroxylation sites is 2. The van der Waals surface area contributed by atoms with Crippen LogP contribution in [-0.2, 0) is 20.9 Å². The summed E-state index contributed by atoms with van der Waals surface area (Å²) in [6, 6.07) is 9.58. The second kappa shape index (κ2) is 9.14. The van der Waals surface area contributed by atoms with Gasteiger partial charge in [-0.25, -0.2) is 4.39 Å². The summed E-state index contributed by atoms with van der Waals surface area (Å²) >= 11 is 5.69. The van der Waals surface area contributed by atoms with Gasteiger partial charge in [0, 0.05) is 6.54 Å². The Morgan fingerprint density at radius 3 is 2.63 bits per heavy atom. The van der Waals surface area contributed by atoms with Gasteiger partial charge in [-0.3, -0.25) is 14.4 Å². The number of hydrogen-bond acceptors (Lipinski definition) is 4. The van der Waals surface area contributed by atoms with Gasteiger partial charge in [0.25, 0.3) is 5.91 Å². The molecule has 1 atom stereocenters. The zero-order valence-corrected chi connectivity index (χ0v) is 15.5. The molecular formula is C19H18ClFN2O4. The Kier molecular flexibility index (Phi) is 6.90. The lowest BCUT2D eigenvalue weighted by Gasteiger charge is -2.25. The molecule has 2 aromatic rings. The third-order valence-corrected chi connectivity index (χ3v) is 4.22. The molecule has 6 nitrogen and oxygen atoms in total. The Bertz CT molecular complexity index is 859. The summed E-state index contributed by atoms with van der Waals surface area (Å²) < 4.78 is 18.3. The molecule has 2 aromatic carbocycles. The number of anilines is 1. The van der Waals surface area contributed by atoms with Gasteiger partial charge in [0.2, 0.25) is 12.2 Å². The van der Waals surface area contributed by atoms with Gasteiger partial charge in [-0.05, 0) is 36.8 Å². The van der Waals surface area contributed by atoms with Gasteiger partial charge in [0.05, 0.1) is 17.8 Å². The van der Waals surface area contributed by atoms with Crippen LogP contribution >= 0.6 is 11.6 Å². The van der Waals surface area contributed by atoms with E-state index in [1.165, 1.54) is 32.2 Å².